The number of anilines is 1. The second-order valence-electron chi connectivity index (χ2n) is 8.64. The van der Waals surface area contributed by atoms with Gasteiger partial charge in [0.05, 0.1) is 11.4 Å². The van der Waals surface area contributed by atoms with Crippen molar-refractivity contribution in [3.8, 4) is 5.69 Å². The average molecular weight is 472 g/mol. The van der Waals surface area contributed by atoms with Gasteiger partial charge in [-0.05, 0) is 54.6 Å². The first-order chi connectivity index (χ1) is 16.1. The Morgan fingerprint density at radius 1 is 1.03 bits per heavy atom. The van der Waals surface area contributed by atoms with Gasteiger partial charge in [0.1, 0.15) is 5.82 Å². The van der Waals surface area contributed by atoms with Crippen molar-refractivity contribution in [1.29, 1.82) is 0 Å². The number of hydrogen-bond acceptors (Lipinski definition) is 4. The van der Waals surface area contributed by atoms with E-state index in [4.69, 9.17) is 16.7 Å². The fourth-order valence-electron chi connectivity index (χ4n) is 5.15. The summed E-state index contributed by atoms with van der Waals surface area (Å²) in [6.45, 7) is 2.02. The van der Waals surface area contributed by atoms with Gasteiger partial charge >= 0.3 is 0 Å². The second-order valence-corrected chi connectivity index (χ2v) is 10.1. The van der Waals surface area contributed by atoms with Gasteiger partial charge in [-0.3, -0.25) is 4.79 Å². The molecule has 3 heterocycles. The van der Waals surface area contributed by atoms with Crippen molar-refractivity contribution >= 4 is 34.5 Å². The fourth-order valence-corrected chi connectivity index (χ4v) is 6.10. The van der Waals surface area contributed by atoms with Crippen molar-refractivity contribution in [1.82, 2.24) is 9.78 Å². The molecule has 4 nitrogen and oxygen atoms in total. The Labute approximate surface area is 201 Å². The van der Waals surface area contributed by atoms with Crippen molar-refractivity contribution in [2.24, 2.45) is 0 Å². The highest BCUT2D eigenvalue weighted by atomic mass is 35.5. The van der Waals surface area contributed by atoms with Crippen LogP contribution in [0.4, 0.5) is 5.82 Å². The van der Waals surface area contributed by atoms with E-state index in [2.05, 4.69) is 35.0 Å². The quantitative estimate of drug-likeness (QED) is 0.355. The first kappa shape index (κ1) is 20.5. The number of Topliss-reactive ketones (excluding diaryl/α,β-unsaturated/α-hetero) is 1. The molecule has 2 atom stereocenters. The second kappa shape index (κ2) is 8.01. The third-order valence-electron chi connectivity index (χ3n) is 6.61. The van der Waals surface area contributed by atoms with E-state index in [0.717, 1.165) is 46.0 Å². The van der Waals surface area contributed by atoms with Gasteiger partial charge in [0.2, 0.25) is 0 Å². The summed E-state index contributed by atoms with van der Waals surface area (Å²) in [5.74, 6) is 1.18. The molecule has 0 unspecified atom stereocenters. The number of carbonyl (C=O) groups is 1. The van der Waals surface area contributed by atoms with Gasteiger partial charge < -0.3 is 5.32 Å². The molecule has 0 bridgehead atoms. The first-order valence-electron chi connectivity index (χ1n) is 11.1. The number of aryl methyl sites for hydroxylation is 1. The molecule has 164 valence electrons. The molecule has 0 radical (unpaired) electrons. The molecule has 0 spiro atoms. The summed E-state index contributed by atoms with van der Waals surface area (Å²) in [4.78, 5) is 14.9. The molecule has 2 aromatic heterocycles. The molecule has 0 saturated carbocycles. The summed E-state index contributed by atoms with van der Waals surface area (Å²) < 4.78 is 1.97. The number of thiophene rings is 1. The highest BCUT2D eigenvalue weighted by molar-refractivity contribution is 7.10. The largest absolute Gasteiger partial charge is 0.343 e. The number of aromatic nitrogens is 2. The predicted molar refractivity (Wildman–Crippen MR) is 134 cm³/mol. The number of fused-ring (bicyclic) bond motifs is 1. The summed E-state index contributed by atoms with van der Waals surface area (Å²) in [7, 11) is 0. The molecule has 4 aromatic rings. The van der Waals surface area contributed by atoms with Gasteiger partial charge in [0, 0.05) is 45.0 Å². The number of ketones is 1. The molecule has 6 rings (SSSR count). The maximum atomic E-state index is 13.6. The predicted octanol–water partition coefficient (Wildman–Crippen LogP) is 6.85. The zero-order valence-corrected chi connectivity index (χ0v) is 19.7. The number of rotatable bonds is 3. The van der Waals surface area contributed by atoms with Crippen LogP contribution in [0.1, 0.15) is 46.4 Å². The lowest BCUT2D eigenvalue weighted by molar-refractivity contribution is -0.116. The van der Waals surface area contributed by atoms with Crippen LogP contribution < -0.4 is 5.32 Å². The monoisotopic (exact) mass is 471 g/mol. The number of hydrogen-bond donors (Lipinski definition) is 1. The molecule has 0 fully saturated rings. The molecule has 2 aliphatic rings. The van der Waals surface area contributed by atoms with E-state index in [-0.39, 0.29) is 17.6 Å². The summed E-state index contributed by atoms with van der Waals surface area (Å²) in [6, 6.07) is 22.2. The van der Waals surface area contributed by atoms with Crippen LogP contribution in [-0.4, -0.2) is 15.6 Å². The normalized spacial score (nSPS) is 19.8. The lowest BCUT2D eigenvalue weighted by atomic mass is 9.73. The van der Waals surface area contributed by atoms with E-state index < -0.39 is 0 Å². The zero-order chi connectivity index (χ0) is 22.5. The summed E-state index contributed by atoms with van der Waals surface area (Å²) in [6.07, 6.45) is 1.34. The number of nitrogens with zero attached hydrogens (tertiary/aromatic N) is 2. The number of carbonyl (C=O) groups excluding carboxylic acids is 1. The van der Waals surface area contributed by atoms with Crippen molar-refractivity contribution in [2.75, 3.05) is 5.32 Å². The molecule has 1 N–H and O–H groups in total. The van der Waals surface area contributed by atoms with E-state index >= 15 is 0 Å². The molecular formula is C27H22ClN3OS. The van der Waals surface area contributed by atoms with Crippen LogP contribution >= 0.6 is 22.9 Å². The van der Waals surface area contributed by atoms with Crippen molar-refractivity contribution in [3.05, 3.63) is 110 Å². The zero-order valence-electron chi connectivity index (χ0n) is 18.1. The van der Waals surface area contributed by atoms with Crippen molar-refractivity contribution < 1.29 is 4.79 Å². The van der Waals surface area contributed by atoms with E-state index in [9.17, 15) is 4.79 Å². The standard InChI is InChI=1S/C27H22ClN3OS/c1-16-24-25(17-9-11-19(28)12-10-17)26-21(14-18(15-22(26)32)23-8-5-13-33-23)29-27(24)31(30-16)20-6-3-2-4-7-20/h2-13,18,25,29H,14-15H2,1H3/t18-,25-/m0/s1. The molecule has 6 heteroatoms. The van der Waals surface area contributed by atoms with Crippen molar-refractivity contribution in [2.45, 2.75) is 31.6 Å². The number of allylic oxidation sites excluding steroid dienone is 2. The van der Waals surface area contributed by atoms with Gasteiger partial charge in [-0.1, -0.05) is 48.0 Å². The minimum absolute atomic E-state index is 0.164. The van der Waals surface area contributed by atoms with Crippen LogP contribution in [-0.2, 0) is 4.79 Å². The number of para-hydroxylation sites is 1. The van der Waals surface area contributed by atoms with E-state index in [1.807, 2.05) is 54.1 Å². The Balaban J connectivity index is 1.54. The Morgan fingerprint density at radius 3 is 2.55 bits per heavy atom. The highest BCUT2D eigenvalue weighted by Gasteiger charge is 2.41. The number of nitrogens with one attached hydrogen (secondary N) is 1. The Kier molecular flexibility index (Phi) is 4.97. The average Bonchev–Trinajstić information content (AvgIpc) is 3.48. The van der Waals surface area contributed by atoms with Crippen LogP contribution in [0.15, 0.2) is 83.4 Å². The molecule has 33 heavy (non-hydrogen) atoms. The van der Waals surface area contributed by atoms with Gasteiger partial charge in [0.25, 0.3) is 0 Å². The van der Waals surface area contributed by atoms with E-state index in [0.29, 0.717) is 11.4 Å². The number of halogens is 1. The van der Waals surface area contributed by atoms with Crippen LogP contribution in [0.2, 0.25) is 5.02 Å². The van der Waals surface area contributed by atoms with Gasteiger partial charge in [0.15, 0.2) is 5.78 Å². The topological polar surface area (TPSA) is 46.9 Å². The number of benzene rings is 2. The van der Waals surface area contributed by atoms with Crippen LogP contribution in [0.3, 0.4) is 0 Å². The lowest BCUT2D eigenvalue weighted by Crippen LogP contribution is -2.30. The molecular weight excluding hydrogens is 450 g/mol. The smallest absolute Gasteiger partial charge is 0.162 e. The maximum Gasteiger partial charge on any atom is 0.162 e. The highest BCUT2D eigenvalue weighted by Crippen LogP contribution is 2.49. The van der Waals surface area contributed by atoms with Crippen LogP contribution in [0, 0.1) is 6.92 Å². The van der Waals surface area contributed by atoms with Crippen LogP contribution in [0.25, 0.3) is 5.69 Å². The molecule has 1 aliphatic carbocycles. The maximum absolute atomic E-state index is 13.6. The van der Waals surface area contributed by atoms with Gasteiger partial charge in [-0.15, -0.1) is 11.3 Å². The van der Waals surface area contributed by atoms with Gasteiger partial charge in [-0.25, -0.2) is 4.68 Å². The van der Waals surface area contributed by atoms with Crippen molar-refractivity contribution in [3.63, 3.8) is 0 Å². The minimum Gasteiger partial charge on any atom is -0.343 e. The summed E-state index contributed by atoms with van der Waals surface area (Å²) in [5, 5.41) is 11.3. The van der Waals surface area contributed by atoms with E-state index in [1.165, 1.54) is 4.88 Å². The lowest BCUT2D eigenvalue weighted by Gasteiger charge is -2.35. The Morgan fingerprint density at radius 2 is 1.82 bits per heavy atom. The van der Waals surface area contributed by atoms with Gasteiger partial charge in [-0.2, -0.15) is 5.10 Å². The molecule has 0 amide bonds. The molecule has 1 aliphatic heterocycles. The molecule has 2 aromatic carbocycles. The van der Waals surface area contributed by atoms with Crippen LogP contribution in [0.5, 0.6) is 0 Å². The summed E-state index contributed by atoms with van der Waals surface area (Å²) in [5.41, 5.74) is 5.91. The molecule has 0 saturated heterocycles. The van der Waals surface area contributed by atoms with E-state index in [1.54, 1.807) is 11.3 Å². The summed E-state index contributed by atoms with van der Waals surface area (Å²) >= 11 is 7.93. The minimum atomic E-state index is -0.164. The SMILES string of the molecule is Cc1nn(-c2ccccc2)c2c1[C@H](c1ccc(Cl)cc1)C1=C(C[C@H](c3cccs3)CC1=O)N2. The first-order valence-corrected chi connectivity index (χ1v) is 12.3. The fraction of sp³-hybridized carbons (Fsp3) is 0.185. The third-order valence-corrected chi connectivity index (χ3v) is 7.90. The Bertz CT molecular complexity index is 1370. The Hall–Kier alpha value is -3.15. The third kappa shape index (κ3) is 3.43.